The van der Waals surface area contributed by atoms with Crippen molar-refractivity contribution in [2.75, 3.05) is 7.11 Å². The molecule has 0 radical (unpaired) electrons. The van der Waals surface area contributed by atoms with Crippen molar-refractivity contribution >= 4 is 17.6 Å². The van der Waals surface area contributed by atoms with Crippen LogP contribution in [0, 0.1) is 0 Å². The van der Waals surface area contributed by atoms with Crippen LogP contribution in [0.25, 0.3) is 5.57 Å². The van der Waals surface area contributed by atoms with E-state index in [1.54, 1.807) is 7.11 Å². The van der Waals surface area contributed by atoms with Gasteiger partial charge in [-0.3, -0.25) is 0 Å². The summed E-state index contributed by atoms with van der Waals surface area (Å²) in [5, 5.41) is 0. The summed E-state index contributed by atoms with van der Waals surface area (Å²) in [6.45, 7) is 6.38. The molecule has 0 heterocycles. The molecule has 0 unspecified atom stereocenters. The number of rotatable bonds is 5. The molecule has 0 N–H and O–H groups in total. The average molecular weight is 248 g/mol. The molecule has 0 aliphatic heterocycles. The van der Waals surface area contributed by atoms with E-state index in [4.69, 9.17) is 4.18 Å². The van der Waals surface area contributed by atoms with Crippen LogP contribution < -0.4 is 0 Å². The molecular formula is C15H20OS. The molecule has 17 heavy (non-hydrogen) atoms. The van der Waals surface area contributed by atoms with Crippen molar-refractivity contribution in [3.63, 3.8) is 0 Å². The van der Waals surface area contributed by atoms with Gasteiger partial charge in [0.15, 0.2) is 0 Å². The Hall–Kier alpha value is -0.990. The van der Waals surface area contributed by atoms with Gasteiger partial charge in [0.05, 0.1) is 7.11 Å². The summed E-state index contributed by atoms with van der Waals surface area (Å²) in [6, 6.07) is 8.50. The van der Waals surface area contributed by atoms with E-state index in [1.807, 2.05) is 0 Å². The van der Waals surface area contributed by atoms with Crippen LogP contribution in [0.3, 0.4) is 0 Å². The molecule has 0 amide bonds. The highest BCUT2D eigenvalue weighted by atomic mass is 32.2. The molecule has 0 fully saturated rings. The molecule has 0 aliphatic carbocycles. The van der Waals surface area contributed by atoms with Gasteiger partial charge in [0.1, 0.15) is 0 Å². The fourth-order valence-electron chi connectivity index (χ4n) is 1.57. The lowest BCUT2D eigenvalue weighted by molar-refractivity contribution is 0.490. The highest BCUT2D eigenvalue weighted by Gasteiger charge is 2.00. The predicted molar refractivity (Wildman–Crippen MR) is 77.0 cm³/mol. The summed E-state index contributed by atoms with van der Waals surface area (Å²) < 4.78 is 5.03. The van der Waals surface area contributed by atoms with Gasteiger partial charge >= 0.3 is 0 Å². The molecule has 0 saturated carbocycles. The highest BCUT2D eigenvalue weighted by Crippen LogP contribution is 2.24. The molecule has 1 aromatic rings. The Kier molecular flexibility index (Phi) is 6.09. The third kappa shape index (κ3) is 4.41. The van der Waals surface area contributed by atoms with Gasteiger partial charge in [0, 0.05) is 16.9 Å². The third-order valence-electron chi connectivity index (χ3n) is 2.64. The number of benzene rings is 1. The van der Waals surface area contributed by atoms with Gasteiger partial charge in [0.2, 0.25) is 0 Å². The lowest BCUT2D eigenvalue weighted by Gasteiger charge is -2.06. The maximum atomic E-state index is 5.03. The number of hydrogen-bond donors (Lipinski definition) is 0. The normalized spacial score (nSPS) is 12.9. The van der Waals surface area contributed by atoms with Crippen molar-refractivity contribution in [1.29, 1.82) is 0 Å². The van der Waals surface area contributed by atoms with Gasteiger partial charge < -0.3 is 4.18 Å². The van der Waals surface area contributed by atoms with Crippen molar-refractivity contribution in [3.8, 4) is 0 Å². The van der Waals surface area contributed by atoms with E-state index >= 15 is 0 Å². The Morgan fingerprint density at radius 1 is 1.29 bits per heavy atom. The van der Waals surface area contributed by atoms with Crippen LogP contribution in [0.4, 0.5) is 0 Å². The minimum absolute atomic E-state index is 1.04. The van der Waals surface area contributed by atoms with Crippen molar-refractivity contribution < 1.29 is 4.18 Å². The summed E-state index contributed by atoms with van der Waals surface area (Å²) >= 11 is 1.39. The Balaban J connectivity index is 2.93. The first-order valence-electron chi connectivity index (χ1n) is 5.85. The molecule has 0 bridgehead atoms. The second-order valence-corrected chi connectivity index (χ2v) is 4.80. The zero-order chi connectivity index (χ0) is 12.7. The van der Waals surface area contributed by atoms with E-state index in [0.717, 1.165) is 11.3 Å². The molecule has 1 rings (SSSR count). The van der Waals surface area contributed by atoms with Gasteiger partial charge in [-0.15, -0.1) is 0 Å². The highest BCUT2D eigenvalue weighted by molar-refractivity contribution is 7.94. The van der Waals surface area contributed by atoms with Gasteiger partial charge in [-0.25, -0.2) is 0 Å². The van der Waals surface area contributed by atoms with E-state index in [0.29, 0.717) is 0 Å². The van der Waals surface area contributed by atoms with Crippen LogP contribution in [-0.4, -0.2) is 7.11 Å². The first-order valence-corrected chi connectivity index (χ1v) is 6.60. The average Bonchev–Trinajstić information content (AvgIpc) is 2.37. The summed E-state index contributed by atoms with van der Waals surface area (Å²) in [4.78, 5) is 1.13. The molecule has 2 heteroatoms. The maximum Gasteiger partial charge on any atom is 0.0508 e. The first kappa shape index (κ1) is 14.1. The lowest BCUT2D eigenvalue weighted by Crippen LogP contribution is -1.84. The molecule has 92 valence electrons. The van der Waals surface area contributed by atoms with E-state index in [2.05, 4.69) is 57.2 Å². The maximum absolute atomic E-state index is 5.03. The van der Waals surface area contributed by atoms with Crippen molar-refractivity contribution in [3.05, 3.63) is 47.6 Å². The second kappa shape index (κ2) is 7.36. The van der Waals surface area contributed by atoms with Crippen LogP contribution in [0.2, 0.25) is 0 Å². The van der Waals surface area contributed by atoms with Crippen molar-refractivity contribution in [1.82, 2.24) is 0 Å². The Bertz CT molecular complexity index is 401. The fourth-order valence-corrected chi connectivity index (χ4v) is 2.01. The standard InChI is InChI=1S/C15H20OS/c1-5-12(3)11-13(6-2)14-7-9-15(10-8-14)17-16-4/h5,7-11H,6H2,1-4H3/b12-5-,13-11+. The van der Waals surface area contributed by atoms with Gasteiger partial charge in [-0.05, 0) is 43.5 Å². The molecule has 0 spiro atoms. The Morgan fingerprint density at radius 3 is 2.41 bits per heavy atom. The van der Waals surface area contributed by atoms with E-state index in [1.165, 1.54) is 28.8 Å². The molecule has 0 atom stereocenters. The molecule has 1 nitrogen and oxygen atoms in total. The van der Waals surface area contributed by atoms with E-state index < -0.39 is 0 Å². The molecule has 0 saturated heterocycles. The summed E-state index contributed by atoms with van der Waals surface area (Å²) in [7, 11) is 1.69. The molecule has 1 aromatic carbocycles. The van der Waals surface area contributed by atoms with Crippen molar-refractivity contribution in [2.24, 2.45) is 0 Å². The lowest BCUT2D eigenvalue weighted by atomic mass is 10.0. The smallest absolute Gasteiger partial charge is 0.0508 e. The van der Waals surface area contributed by atoms with Gasteiger partial charge in [-0.2, -0.15) is 0 Å². The number of hydrogen-bond acceptors (Lipinski definition) is 2. The van der Waals surface area contributed by atoms with Gasteiger partial charge in [0.25, 0.3) is 0 Å². The zero-order valence-electron chi connectivity index (χ0n) is 11.0. The summed E-state index contributed by atoms with van der Waals surface area (Å²) in [5.41, 5.74) is 3.96. The SMILES string of the molecule is C/C=C(C)\C=C(/CC)c1ccc(SOC)cc1. The van der Waals surface area contributed by atoms with Gasteiger partial charge in [-0.1, -0.05) is 36.8 Å². The first-order chi connectivity index (χ1) is 8.21. The Labute approximate surface area is 109 Å². The fraction of sp³-hybridized carbons (Fsp3) is 0.333. The molecule has 0 aromatic heterocycles. The van der Waals surface area contributed by atoms with Crippen LogP contribution in [-0.2, 0) is 4.18 Å². The molecular weight excluding hydrogens is 228 g/mol. The summed E-state index contributed by atoms with van der Waals surface area (Å²) in [5.74, 6) is 0. The van der Waals surface area contributed by atoms with Crippen molar-refractivity contribution in [2.45, 2.75) is 32.1 Å². The predicted octanol–water partition coefficient (Wildman–Crippen LogP) is 5.10. The van der Waals surface area contributed by atoms with Crippen LogP contribution in [0.15, 0.2) is 46.9 Å². The topological polar surface area (TPSA) is 9.23 Å². The van der Waals surface area contributed by atoms with Crippen LogP contribution in [0.1, 0.15) is 32.8 Å². The van der Waals surface area contributed by atoms with E-state index in [-0.39, 0.29) is 0 Å². The Morgan fingerprint density at radius 2 is 1.94 bits per heavy atom. The minimum Gasteiger partial charge on any atom is -0.314 e. The zero-order valence-corrected chi connectivity index (χ0v) is 11.8. The number of allylic oxidation sites excluding steroid dienone is 4. The molecule has 0 aliphatic rings. The third-order valence-corrected chi connectivity index (χ3v) is 3.27. The van der Waals surface area contributed by atoms with Crippen LogP contribution >= 0.6 is 12.0 Å². The minimum atomic E-state index is 1.04. The summed E-state index contributed by atoms with van der Waals surface area (Å²) in [6.07, 6.45) is 5.42. The van der Waals surface area contributed by atoms with E-state index in [9.17, 15) is 0 Å². The second-order valence-electron chi connectivity index (χ2n) is 3.83. The van der Waals surface area contributed by atoms with Crippen LogP contribution in [0.5, 0.6) is 0 Å². The largest absolute Gasteiger partial charge is 0.314 e. The monoisotopic (exact) mass is 248 g/mol. The quantitative estimate of drug-likeness (QED) is 0.529.